The van der Waals surface area contributed by atoms with Crippen LogP contribution < -0.4 is 5.32 Å². The number of rotatable bonds is 5. The van der Waals surface area contributed by atoms with Gasteiger partial charge in [-0.1, -0.05) is 12.2 Å². The van der Waals surface area contributed by atoms with E-state index in [0.29, 0.717) is 0 Å². The summed E-state index contributed by atoms with van der Waals surface area (Å²) in [7, 11) is 0. The Labute approximate surface area is 90.8 Å². The number of nitrogens with one attached hydrogen (secondary N) is 2. The number of hydrogen-bond acceptors (Lipinski definition) is 3. The van der Waals surface area contributed by atoms with Crippen molar-refractivity contribution in [1.29, 1.82) is 5.41 Å². The second-order valence-electron chi connectivity index (χ2n) is 4.05. The van der Waals surface area contributed by atoms with Crippen molar-refractivity contribution >= 4 is 11.5 Å². The maximum atomic E-state index is 11.1. The van der Waals surface area contributed by atoms with Gasteiger partial charge >= 0.3 is 0 Å². The van der Waals surface area contributed by atoms with Crippen LogP contribution in [-0.4, -0.2) is 18.0 Å². The second kappa shape index (κ2) is 4.91. The van der Waals surface area contributed by atoms with E-state index in [1.165, 1.54) is 6.92 Å². The lowest BCUT2D eigenvalue weighted by atomic mass is 10.1. The van der Waals surface area contributed by atoms with E-state index in [1.54, 1.807) is 0 Å². The highest BCUT2D eigenvalue weighted by atomic mass is 16.1. The van der Waals surface area contributed by atoms with Crippen LogP contribution in [0.1, 0.15) is 33.1 Å². The number of hydrogen-bond donors (Lipinski definition) is 2. The van der Waals surface area contributed by atoms with Crippen LogP contribution in [0.2, 0.25) is 0 Å². The zero-order valence-electron chi connectivity index (χ0n) is 9.44. The van der Waals surface area contributed by atoms with Crippen molar-refractivity contribution in [3.05, 3.63) is 23.4 Å². The van der Waals surface area contributed by atoms with Crippen molar-refractivity contribution in [3.8, 4) is 0 Å². The molecule has 0 aromatic heterocycles. The molecule has 3 nitrogen and oxygen atoms in total. The summed E-state index contributed by atoms with van der Waals surface area (Å²) in [5, 5.41) is 10.9. The number of Topliss-reactive ketones (excluding diaryl/α,β-unsaturated/α-hetero) is 1. The molecular weight excluding hydrogens is 188 g/mol. The standard InChI is InChI=1S/C12H18N2O/c1-8(2)7-14-11-6-4-5-10(11)12(13)9(3)15/h13-14H,1,4-7H2,2-3H3. The molecule has 0 spiro atoms. The molecule has 1 rings (SSSR count). The average molecular weight is 206 g/mol. The fraction of sp³-hybridized carbons (Fsp3) is 0.500. The first-order chi connectivity index (χ1) is 7.02. The molecule has 15 heavy (non-hydrogen) atoms. The largest absolute Gasteiger partial charge is 0.384 e. The fourth-order valence-corrected chi connectivity index (χ4v) is 1.68. The summed E-state index contributed by atoms with van der Waals surface area (Å²) >= 11 is 0. The van der Waals surface area contributed by atoms with Crippen LogP contribution >= 0.6 is 0 Å². The zero-order chi connectivity index (χ0) is 11.4. The lowest BCUT2D eigenvalue weighted by Crippen LogP contribution is -2.19. The van der Waals surface area contributed by atoms with Gasteiger partial charge in [0.2, 0.25) is 0 Å². The number of ketones is 1. The van der Waals surface area contributed by atoms with Crippen LogP contribution in [0.25, 0.3) is 0 Å². The smallest absolute Gasteiger partial charge is 0.177 e. The van der Waals surface area contributed by atoms with Gasteiger partial charge in [0.25, 0.3) is 0 Å². The molecule has 2 N–H and O–H groups in total. The van der Waals surface area contributed by atoms with E-state index in [1.807, 2.05) is 6.92 Å². The molecular formula is C12H18N2O. The minimum absolute atomic E-state index is 0.151. The molecule has 0 unspecified atom stereocenters. The second-order valence-corrected chi connectivity index (χ2v) is 4.05. The number of allylic oxidation sites excluding steroid dienone is 2. The normalized spacial score (nSPS) is 15.3. The van der Waals surface area contributed by atoms with E-state index in [2.05, 4.69) is 11.9 Å². The highest BCUT2D eigenvalue weighted by Crippen LogP contribution is 2.25. The minimum atomic E-state index is -0.151. The molecule has 0 aromatic rings. The first-order valence-corrected chi connectivity index (χ1v) is 5.22. The average Bonchev–Trinajstić information content (AvgIpc) is 2.60. The Morgan fingerprint density at radius 1 is 1.47 bits per heavy atom. The Morgan fingerprint density at radius 2 is 2.13 bits per heavy atom. The van der Waals surface area contributed by atoms with E-state index in [9.17, 15) is 4.79 Å². The van der Waals surface area contributed by atoms with Gasteiger partial charge in [0.1, 0.15) is 5.71 Å². The molecule has 0 radical (unpaired) electrons. The van der Waals surface area contributed by atoms with Crippen molar-refractivity contribution in [2.45, 2.75) is 33.1 Å². The molecule has 0 bridgehead atoms. The first-order valence-electron chi connectivity index (χ1n) is 5.22. The van der Waals surface area contributed by atoms with Gasteiger partial charge in [0, 0.05) is 19.2 Å². The highest BCUT2D eigenvalue weighted by Gasteiger charge is 2.20. The molecule has 0 amide bonds. The van der Waals surface area contributed by atoms with Gasteiger partial charge in [-0.3, -0.25) is 10.2 Å². The summed E-state index contributed by atoms with van der Waals surface area (Å²) in [6, 6.07) is 0. The summed E-state index contributed by atoms with van der Waals surface area (Å²) in [5.41, 5.74) is 3.17. The molecule has 0 fully saturated rings. The van der Waals surface area contributed by atoms with Gasteiger partial charge in [-0.15, -0.1) is 0 Å². The predicted molar refractivity (Wildman–Crippen MR) is 62.1 cm³/mol. The highest BCUT2D eigenvalue weighted by molar-refractivity contribution is 6.44. The number of carbonyl (C=O) groups excluding carboxylic acids is 1. The van der Waals surface area contributed by atoms with Crippen molar-refractivity contribution in [2.24, 2.45) is 0 Å². The summed E-state index contributed by atoms with van der Waals surface area (Å²) in [6.45, 7) is 7.95. The summed E-state index contributed by atoms with van der Waals surface area (Å²) in [6.07, 6.45) is 2.82. The number of carbonyl (C=O) groups is 1. The maximum absolute atomic E-state index is 11.1. The Kier molecular flexibility index (Phi) is 3.83. The van der Waals surface area contributed by atoms with E-state index in [0.717, 1.165) is 42.7 Å². The van der Waals surface area contributed by atoms with Crippen LogP contribution in [0.3, 0.4) is 0 Å². The van der Waals surface area contributed by atoms with Gasteiger partial charge < -0.3 is 5.32 Å². The third kappa shape index (κ3) is 3.05. The summed E-state index contributed by atoms with van der Waals surface area (Å²) in [4.78, 5) is 11.1. The van der Waals surface area contributed by atoms with Gasteiger partial charge in [0.05, 0.1) is 0 Å². The van der Waals surface area contributed by atoms with Gasteiger partial charge in [-0.05, 0) is 31.8 Å². The van der Waals surface area contributed by atoms with Crippen LogP contribution in [0, 0.1) is 5.41 Å². The third-order valence-electron chi connectivity index (χ3n) is 2.48. The topological polar surface area (TPSA) is 53.0 Å². The fourth-order valence-electron chi connectivity index (χ4n) is 1.68. The van der Waals surface area contributed by atoms with Crippen LogP contribution in [-0.2, 0) is 4.79 Å². The summed E-state index contributed by atoms with van der Waals surface area (Å²) < 4.78 is 0. The monoisotopic (exact) mass is 206 g/mol. The Bertz CT molecular complexity index is 340. The van der Waals surface area contributed by atoms with E-state index in [4.69, 9.17) is 5.41 Å². The molecule has 0 aromatic carbocycles. The minimum Gasteiger partial charge on any atom is -0.384 e. The molecule has 0 aliphatic heterocycles. The predicted octanol–water partition coefficient (Wildman–Crippen LogP) is 2.20. The van der Waals surface area contributed by atoms with E-state index < -0.39 is 0 Å². The first kappa shape index (κ1) is 11.7. The third-order valence-corrected chi connectivity index (χ3v) is 2.48. The maximum Gasteiger partial charge on any atom is 0.177 e. The lowest BCUT2D eigenvalue weighted by molar-refractivity contribution is -0.111. The Morgan fingerprint density at radius 3 is 2.67 bits per heavy atom. The Hall–Kier alpha value is -1.38. The van der Waals surface area contributed by atoms with E-state index in [-0.39, 0.29) is 11.5 Å². The van der Waals surface area contributed by atoms with Crippen LogP contribution in [0.5, 0.6) is 0 Å². The zero-order valence-corrected chi connectivity index (χ0v) is 9.44. The van der Waals surface area contributed by atoms with Crippen molar-refractivity contribution in [3.63, 3.8) is 0 Å². The molecule has 82 valence electrons. The molecule has 0 saturated carbocycles. The molecule has 0 atom stereocenters. The van der Waals surface area contributed by atoms with Gasteiger partial charge in [-0.25, -0.2) is 0 Å². The molecule has 1 aliphatic carbocycles. The Balaban J connectivity index is 2.73. The van der Waals surface area contributed by atoms with Crippen molar-refractivity contribution in [1.82, 2.24) is 5.32 Å². The SMILES string of the molecule is C=C(C)CNC1=C(C(=N)C(C)=O)CCC1. The van der Waals surface area contributed by atoms with Gasteiger partial charge in [0.15, 0.2) is 5.78 Å². The quantitative estimate of drug-likeness (QED) is 0.535. The van der Waals surface area contributed by atoms with Crippen LogP contribution in [0.15, 0.2) is 23.4 Å². The summed E-state index contributed by atoms with van der Waals surface area (Å²) in [5.74, 6) is -0.151. The lowest BCUT2D eigenvalue weighted by Gasteiger charge is -2.10. The van der Waals surface area contributed by atoms with Crippen molar-refractivity contribution < 1.29 is 4.79 Å². The van der Waals surface area contributed by atoms with E-state index >= 15 is 0 Å². The molecule has 0 saturated heterocycles. The van der Waals surface area contributed by atoms with Crippen LogP contribution in [0.4, 0.5) is 0 Å². The molecule has 0 heterocycles. The van der Waals surface area contributed by atoms with Gasteiger partial charge in [-0.2, -0.15) is 0 Å². The molecule has 3 heteroatoms. The molecule has 1 aliphatic rings. The van der Waals surface area contributed by atoms with Crippen molar-refractivity contribution in [2.75, 3.05) is 6.54 Å².